The molecule has 2 aromatic rings. The zero-order valence-corrected chi connectivity index (χ0v) is 11.8. The van der Waals surface area contributed by atoms with Crippen LogP contribution in [0.2, 0.25) is 0 Å². The van der Waals surface area contributed by atoms with Gasteiger partial charge in [-0.2, -0.15) is 0 Å². The second-order valence-electron chi connectivity index (χ2n) is 4.98. The van der Waals surface area contributed by atoms with E-state index < -0.39 is 5.54 Å². The van der Waals surface area contributed by atoms with Crippen LogP contribution in [0.1, 0.15) is 30.5 Å². The Hall–Kier alpha value is -1.80. The van der Waals surface area contributed by atoms with Crippen LogP contribution in [0.5, 0.6) is 5.75 Å². The SMILES string of the molecule is CCOc1cccc(C(C)(N)c2ccccc2C)c1. The van der Waals surface area contributed by atoms with Gasteiger partial charge < -0.3 is 10.5 Å². The normalized spacial score (nSPS) is 13.9. The second-order valence-corrected chi connectivity index (χ2v) is 4.98. The van der Waals surface area contributed by atoms with Gasteiger partial charge in [0.2, 0.25) is 0 Å². The van der Waals surface area contributed by atoms with E-state index in [0.29, 0.717) is 6.61 Å². The molecule has 0 aliphatic heterocycles. The summed E-state index contributed by atoms with van der Waals surface area (Å²) in [5.41, 5.74) is 9.46. The van der Waals surface area contributed by atoms with Gasteiger partial charge in [-0.05, 0) is 49.6 Å². The zero-order chi connectivity index (χ0) is 13.9. The van der Waals surface area contributed by atoms with Crippen molar-refractivity contribution >= 4 is 0 Å². The molecule has 2 N–H and O–H groups in total. The van der Waals surface area contributed by atoms with Gasteiger partial charge >= 0.3 is 0 Å². The van der Waals surface area contributed by atoms with E-state index in [0.717, 1.165) is 16.9 Å². The van der Waals surface area contributed by atoms with Crippen LogP contribution < -0.4 is 10.5 Å². The van der Waals surface area contributed by atoms with Gasteiger partial charge in [-0.1, -0.05) is 36.4 Å². The molecular weight excluding hydrogens is 234 g/mol. The topological polar surface area (TPSA) is 35.2 Å². The first-order valence-corrected chi connectivity index (χ1v) is 6.64. The number of benzene rings is 2. The number of nitrogens with two attached hydrogens (primary N) is 1. The number of ether oxygens (including phenoxy) is 1. The summed E-state index contributed by atoms with van der Waals surface area (Å²) in [6.45, 7) is 6.78. The second kappa shape index (κ2) is 5.45. The highest BCUT2D eigenvalue weighted by Gasteiger charge is 2.25. The van der Waals surface area contributed by atoms with E-state index in [2.05, 4.69) is 25.1 Å². The van der Waals surface area contributed by atoms with Crippen molar-refractivity contribution in [3.63, 3.8) is 0 Å². The van der Waals surface area contributed by atoms with E-state index in [9.17, 15) is 0 Å². The minimum Gasteiger partial charge on any atom is -0.494 e. The molecule has 0 bridgehead atoms. The van der Waals surface area contributed by atoms with E-state index in [-0.39, 0.29) is 0 Å². The molecule has 2 nitrogen and oxygen atoms in total. The first-order valence-electron chi connectivity index (χ1n) is 6.64. The predicted octanol–water partition coefficient (Wildman–Crippen LogP) is 3.62. The highest BCUT2D eigenvalue weighted by molar-refractivity contribution is 5.43. The van der Waals surface area contributed by atoms with Crippen molar-refractivity contribution < 1.29 is 4.74 Å². The number of aryl methyl sites for hydroxylation is 1. The summed E-state index contributed by atoms with van der Waals surface area (Å²) in [6, 6.07) is 16.3. The van der Waals surface area contributed by atoms with Crippen molar-refractivity contribution in [1.29, 1.82) is 0 Å². The molecule has 19 heavy (non-hydrogen) atoms. The quantitative estimate of drug-likeness (QED) is 0.905. The molecule has 0 aliphatic rings. The highest BCUT2D eigenvalue weighted by atomic mass is 16.5. The lowest BCUT2D eigenvalue weighted by atomic mass is 9.83. The van der Waals surface area contributed by atoms with Gasteiger partial charge in [-0.25, -0.2) is 0 Å². The van der Waals surface area contributed by atoms with Crippen LogP contribution in [-0.2, 0) is 5.54 Å². The average molecular weight is 255 g/mol. The monoisotopic (exact) mass is 255 g/mol. The molecule has 0 saturated carbocycles. The van der Waals surface area contributed by atoms with Gasteiger partial charge in [0.25, 0.3) is 0 Å². The van der Waals surface area contributed by atoms with Crippen LogP contribution >= 0.6 is 0 Å². The Morgan fingerprint density at radius 1 is 1.11 bits per heavy atom. The largest absolute Gasteiger partial charge is 0.494 e. The molecule has 2 aromatic carbocycles. The van der Waals surface area contributed by atoms with Crippen LogP contribution in [0.25, 0.3) is 0 Å². The van der Waals surface area contributed by atoms with Gasteiger partial charge in [0, 0.05) is 0 Å². The Bertz CT molecular complexity index is 561. The molecule has 0 saturated heterocycles. The predicted molar refractivity (Wildman–Crippen MR) is 79.4 cm³/mol. The van der Waals surface area contributed by atoms with Crippen LogP contribution in [0.3, 0.4) is 0 Å². The molecule has 1 unspecified atom stereocenters. The van der Waals surface area contributed by atoms with Crippen molar-refractivity contribution in [2.75, 3.05) is 6.61 Å². The van der Waals surface area contributed by atoms with Gasteiger partial charge in [0.15, 0.2) is 0 Å². The Labute approximate surface area is 115 Å². The summed E-state index contributed by atoms with van der Waals surface area (Å²) < 4.78 is 5.55. The first-order chi connectivity index (χ1) is 9.05. The van der Waals surface area contributed by atoms with Gasteiger partial charge in [-0.15, -0.1) is 0 Å². The van der Waals surface area contributed by atoms with Gasteiger partial charge in [-0.3, -0.25) is 0 Å². The fourth-order valence-electron chi connectivity index (χ4n) is 2.39. The molecule has 0 amide bonds. The maximum atomic E-state index is 6.57. The first kappa shape index (κ1) is 13.6. The van der Waals surface area contributed by atoms with E-state index in [1.807, 2.05) is 44.2 Å². The third-order valence-corrected chi connectivity index (χ3v) is 3.45. The lowest BCUT2D eigenvalue weighted by molar-refractivity contribution is 0.339. The zero-order valence-electron chi connectivity index (χ0n) is 11.8. The number of hydrogen-bond acceptors (Lipinski definition) is 2. The molecule has 0 fully saturated rings. The van der Waals surface area contributed by atoms with E-state index in [1.54, 1.807) is 0 Å². The smallest absolute Gasteiger partial charge is 0.119 e. The van der Waals surface area contributed by atoms with E-state index >= 15 is 0 Å². The molecule has 0 aromatic heterocycles. The number of rotatable bonds is 4. The average Bonchev–Trinajstić information content (AvgIpc) is 2.40. The van der Waals surface area contributed by atoms with Crippen LogP contribution in [-0.4, -0.2) is 6.61 Å². The van der Waals surface area contributed by atoms with Crippen LogP contribution in [0.15, 0.2) is 48.5 Å². The van der Waals surface area contributed by atoms with Gasteiger partial charge in [0.1, 0.15) is 5.75 Å². The maximum Gasteiger partial charge on any atom is 0.119 e. The number of hydrogen-bond donors (Lipinski definition) is 1. The summed E-state index contributed by atoms with van der Waals surface area (Å²) in [6.07, 6.45) is 0. The fourth-order valence-corrected chi connectivity index (χ4v) is 2.39. The van der Waals surface area contributed by atoms with Gasteiger partial charge in [0.05, 0.1) is 12.1 Å². The molecule has 0 radical (unpaired) electrons. The Morgan fingerprint density at radius 2 is 1.84 bits per heavy atom. The summed E-state index contributed by atoms with van der Waals surface area (Å²) in [4.78, 5) is 0. The highest BCUT2D eigenvalue weighted by Crippen LogP contribution is 2.30. The Kier molecular flexibility index (Phi) is 3.91. The molecule has 0 heterocycles. The Morgan fingerprint density at radius 3 is 2.53 bits per heavy atom. The summed E-state index contributed by atoms with van der Waals surface area (Å²) >= 11 is 0. The minimum absolute atomic E-state index is 0.515. The summed E-state index contributed by atoms with van der Waals surface area (Å²) in [5, 5.41) is 0. The lowest BCUT2D eigenvalue weighted by Crippen LogP contribution is -2.35. The summed E-state index contributed by atoms with van der Waals surface area (Å²) in [7, 11) is 0. The van der Waals surface area contributed by atoms with Crippen LogP contribution in [0, 0.1) is 6.92 Å². The third kappa shape index (κ3) is 2.79. The molecule has 100 valence electrons. The molecule has 2 heteroatoms. The molecule has 0 aliphatic carbocycles. The minimum atomic E-state index is -0.515. The van der Waals surface area contributed by atoms with Crippen molar-refractivity contribution in [2.24, 2.45) is 5.73 Å². The molecule has 1 atom stereocenters. The Balaban J connectivity index is 2.44. The standard InChI is InChI=1S/C17H21NO/c1-4-19-15-10-7-9-14(12-15)17(3,18)16-11-6-5-8-13(16)2/h5-12H,4,18H2,1-3H3. The molecule has 0 spiro atoms. The third-order valence-electron chi connectivity index (χ3n) is 3.45. The van der Waals surface area contributed by atoms with Crippen molar-refractivity contribution in [2.45, 2.75) is 26.3 Å². The van der Waals surface area contributed by atoms with Crippen molar-refractivity contribution in [1.82, 2.24) is 0 Å². The fraction of sp³-hybridized carbons (Fsp3) is 0.294. The van der Waals surface area contributed by atoms with Crippen LogP contribution in [0.4, 0.5) is 0 Å². The van der Waals surface area contributed by atoms with Crippen molar-refractivity contribution in [3.05, 3.63) is 65.2 Å². The summed E-state index contributed by atoms with van der Waals surface area (Å²) in [5.74, 6) is 0.866. The maximum absolute atomic E-state index is 6.57. The van der Waals surface area contributed by atoms with E-state index in [4.69, 9.17) is 10.5 Å². The lowest BCUT2D eigenvalue weighted by Gasteiger charge is -2.28. The molecule has 2 rings (SSSR count). The van der Waals surface area contributed by atoms with Crippen molar-refractivity contribution in [3.8, 4) is 5.75 Å². The molecular formula is C17H21NO. The van der Waals surface area contributed by atoms with E-state index in [1.165, 1.54) is 5.56 Å².